The van der Waals surface area contributed by atoms with Crippen LogP contribution in [-0.4, -0.2) is 22.3 Å². The minimum atomic E-state index is -4.17. The zero-order valence-corrected chi connectivity index (χ0v) is 9.56. The molecule has 0 atom stereocenters. The Bertz CT molecular complexity index is 457. The van der Waals surface area contributed by atoms with Crippen molar-refractivity contribution in [1.82, 2.24) is 14.9 Å². The number of aromatic nitrogens is 2. The van der Waals surface area contributed by atoms with Gasteiger partial charge in [-0.15, -0.1) is 0 Å². The molecule has 0 unspecified atom stereocenters. The van der Waals surface area contributed by atoms with Gasteiger partial charge in [0.2, 0.25) is 0 Å². The maximum atomic E-state index is 13.1. The predicted octanol–water partition coefficient (Wildman–Crippen LogP) is 1.89. The quantitative estimate of drug-likeness (QED) is 0.818. The first kappa shape index (κ1) is 11.1. The Labute approximate surface area is 97.0 Å². The van der Waals surface area contributed by atoms with Crippen LogP contribution < -0.4 is 5.32 Å². The molecule has 0 spiro atoms. The summed E-state index contributed by atoms with van der Waals surface area (Å²) in [6, 6.07) is 0. The fraction of sp³-hybridized carbons (Fsp3) is 0.727. The summed E-state index contributed by atoms with van der Waals surface area (Å²) >= 11 is 0. The van der Waals surface area contributed by atoms with E-state index in [2.05, 4.69) is 10.3 Å². The number of nitrogens with zero attached hydrogens (tertiary/aromatic N) is 2. The van der Waals surface area contributed by atoms with Gasteiger partial charge in [0.1, 0.15) is 11.4 Å². The van der Waals surface area contributed by atoms with Crippen molar-refractivity contribution < 1.29 is 13.2 Å². The Kier molecular flexibility index (Phi) is 2.12. The van der Waals surface area contributed by atoms with Crippen LogP contribution in [0.4, 0.5) is 13.2 Å². The molecular formula is C11H14F3N3. The van der Waals surface area contributed by atoms with Gasteiger partial charge in [0.15, 0.2) is 0 Å². The number of hydrogen-bond acceptors (Lipinski definition) is 2. The summed E-state index contributed by atoms with van der Waals surface area (Å²) in [7, 11) is 0. The monoisotopic (exact) mass is 245 g/mol. The maximum Gasteiger partial charge on any atom is 0.411 e. The first-order valence-electron chi connectivity index (χ1n) is 5.81. The summed E-state index contributed by atoms with van der Waals surface area (Å²) in [5.74, 6) is 0.494. The largest absolute Gasteiger partial charge is 0.411 e. The van der Waals surface area contributed by atoms with Crippen molar-refractivity contribution in [2.75, 3.05) is 6.54 Å². The molecule has 6 heteroatoms. The van der Waals surface area contributed by atoms with Crippen LogP contribution in [0.25, 0.3) is 0 Å². The highest BCUT2D eigenvalue weighted by molar-refractivity contribution is 5.26. The van der Waals surface area contributed by atoms with Gasteiger partial charge in [0.25, 0.3) is 0 Å². The first-order valence-corrected chi connectivity index (χ1v) is 5.81. The second-order valence-corrected chi connectivity index (χ2v) is 4.84. The number of nitrogens with one attached hydrogen (secondary N) is 1. The Morgan fingerprint density at radius 2 is 2.06 bits per heavy atom. The van der Waals surface area contributed by atoms with Crippen molar-refractivity contribution in [3.05, 3.63) is 17.2 Å². The molecule has 3 rings (SSSR count). The van der Waals surface area contributed by atoms with Crippen LogP contribution in [0.3, 0.4) is 0 Å². The molecule has 94 valence electrons. The Hall–Kier alpha value is -1.04. The number of rotatable bonds is 1. The SMILES string of the molecule is Cc1nc2c(n1C1(C(F)(F)F)CC1)CCNC2. The van der Waals surface area contributed by atoms with Gasteiger partial charge < -0.3 is 9.88 Å². The minimum absolute atomic E-state index is 0.188. The lowest BCUT2D eigenvalue weighted by atomic mass is 10.1. The van der Waals surface area contributed by atoms with E-state index in [0.29, 0.717) is 18.8 Å². The topological polar surface area (TPSA) is 29.9 Å². The first-order chi connectivity index (χ1) is 7.96. The fourth-order valence-electron chi connectivity index (χ4n) is 2.77. The number of fused-ring (bicyclic) bond motifs is 1. The van der Waals surface area contributed by atoms with Gasteiger partial charge in [-0.2, -0.15) is 13.2 Å². The molecule has 1 aromatic rings. The molecular weight excluding hydrogens is 231 g/mol. The van der Waals surface area contributed by atoms with Gasteiger partial charge in [-0.1, -0.05) is 0 Å². The van der Waals surface area contributed by atoms with Crippen LogP contribution in [-0.2, 0) is 18.5 Å². The van der Waals surface area contributed by atoms with Gasteiger partial charge in [0, 0.05) is 25.2 Å². The summed E-state index contributed by atoms with van der Waals surface area (Å²) in [5, 5.41) is 3.13. The van der Waals surface area contributed by atoms with Crippen LogP contribution in [0.1, 0.15) is 30.1 Å². The van der Waals surface area contributed by atoms with Gasteiger partial charge >= 0.3 is 6.18 Å². The van der Waals surface area contributed by atoms with Crippen molar-refractivity contribution in [3.63, 3.8) is 0 Å². The number of hydrogen-bond donors (Lipinski definition) is 1. The molecule has 3 nitrogen and oxygen atoms in total. The summed E-state index contributed by atoms with van der Waals surface area (Å²) in [6.07, 6.45) is -3.16. The molecule has 2 heterocycles. The van der Waals surface area contributed by atoms with Crippen LogP contribution in [0.5, 0.6) is 0 Å². The average Bonchev–Trinajstić information content (AvgIpc) is 2.96. The van der Waals surface area contributed by atoms with Crippen LogP contribution in [0.15, 0.2) is 0 Å². The number of imidazole rings is 1. The predicted molar refractivity (Wildman–Crippen MR) is 55.6 cm³/mol. The van der Waals surface area contributed by atoms with Crippen LogP contribution >= 0.6 is 0 Å². The Morgan fingerprint density at radius 1 is 1.35 bits per heavy atom. The van der Waals surface area contributed by atoms with Crippen molar-refractivity contribution in [1.29, 1.82) is 0 Å². The molecule has 0 amide bonds. The lowest BCUT2D eigenvalue weighted by Gasteiger charge is -2.26. The highest BCUT2D eigenvalue weighted by Gasteiger charge is 2.66. The van der Waals surface area contributed by atoms with Crippen molar-refractivity contribution >= 4 is 0 Å². The van der Waals surface area contributed by atoms with E-state index in [4.69, 9.17) is 0 Å². The van der Waals surface area contributed by atoms with Gasteiger partial charge in [-0.05, 0) is 19.8 Å². The van der Waals surface area contributed by atoms with Crippen LogP contribution in [0.2, 0.25) is 0 Å². The molecule has 1 aliphatic carbocycles. The summed E-state index contributed by atoms with van der Waals surface area (Å²) in [4.78, 5) is 4.27. The zero-order valence-electron chi connectivity index (χ0n) is 9.56. The second kappa shape index (κ2) is 3.25. The number of halogens is 3. The van der Waals surface area contributed by atoms with Gasteiger partial charge in [-0.3, -0.25) is 0 Å². The van der Waals surface area contributed by atoms with Crippen molar-refractivity contribution in [3.8, 4) is 0 Å². The van der Waals surface area contributed by atoms with E-state index in [1.165, 1.54) is 4.57 Å². The van der Waals surface area contributed by atoms with E-state index in [1.807, 2.05) is 0 Å². The molecule has 0 saturated heterocycles. The molecule has 1 aliphatic heterocycles. The van der Waals surface area contributed by atoms with E-state index >= 15 is 0 Å². The molecule has 2 aliphatic rings. The summed E-state index contributed by atoms with van der Waals surface area (Å²) in [6.45, 7) is 2.98. The van der Waals surface area contributed by atoms with E-state index in [-0.39, 0.29) is 12.8 Å². The minimum Gasteiger partial charge on any atom is -0.317 e. The standard InChI is InChI=1S/C11H14F3N3/c1-7-16-8-6-15-5-2-9(8)17(7)10(3-4-10)11(12,13)14/h15H,2-6H2,1H3. The normalized spacial score (nSPS) is 22.4. The zero-order chi connectivity index (χ0) is 12.3. The Morgan fingerprint density at radius 3 is 2.65 bits per heavy atom. The number of alkyl halides is 3. The van der Waals surface area contributed by atoms with E-state index < -0.39 is 11.7 Å². The second-order valence-electron chi connectivity index (χ2n) is 4.84. The molecule has 1 fully saturated rings. The smallest absolute Gasteiger partial charge is 0.317 e. The highest BCUT2D eigenvalue weighted by Crippen LogP contribution is 2.56. The third kappa shape index (κ3) is 1.43. The fourth-order valence-corrected chi connectivity index (χ4v) is 2.77. The maximum absolute atomic E-state index is 13.1. The molecule has 0 bridgehead atoms. The summed E-state index contributed by atoms with van der Waals surface area (Å²) in [5.41, 5.74) is -0.102. The lowest BCUT2D eigenvalue weighted by Crippen LogP contribution is -2.38. The molecule has 1 aromatic heterocycles. The Balaban J connectivity index is 2.12. The average molecular weight is 245 g/mol. The third-order valence-electron chi connectivity index (χ3n) is 3.73. The molecule has 0 aromatic carbocycles. The van der Waals surface area contributed by atoms with E-state index in [0.717, 1.165) is 17.9 Å². The molecule has 1 N–H and O–H groups in total. The van der Waals surface area contributed by atoms with E-state index in [1.54, 1.807) is 6.92 Å². The van der Waals surface area contributed by atoms with E-state index in [9.17, 15) is 13.2 Å². The summed E-state index contributed by atoms with van der Waals surface area (Å²) < 4.78 is 40.9. The molecule has 1 saturated carbocycles. The van der Waals surface area contributed by atoms with Gasteiger partial charge in [0.05, 0.1) is 5.69 Å². The third-order valence-corrected chi connectivity index (χ3v) is 3.73. The van der Waals surface area contributed by atoms with Gasteiger partial charge in [-0.25, -0.2) is 4.98 Å². The lowest BCUT2D eigenvalue weighted by molar-refractivity contribution is -0.180. The van der Waals surface area contributed by atoms with Crippen molar-refractivity contribution in [2.24, 2.45) is 0 Å². The molecule has 17 heavy (non-hydrogen) atoms. The van der Waals surface area contributed by atoms with Crippen LogP contribution in [0, 0.1) is 6.92 Å². The van der Waals surface area contributed by atoms with Crippen molar-refractivity contribution in [2.45, 2.75) is 44.4 Å². The molecule has 0 radical (unpaired) electrons. The highest BCUT2D eigenvalue weighted by atomic mass is 19.4. The number of aryl methyl sites for hydroxylation is 1.